The molecule has 0 saturated carbocycles. The Morgan fingerprint density at radius 2 is 1.86 bits per heavy atom. The van der Waals surface area contributed by atoms with Crippen molar-refractivity contribution in [3.05, 3.63) is 64.4 Å². The second kappa shape index (κ2) is 9.06. The Kier molecular flexibility index (Phi) is 6.52. The number of thioether (sulfide) groups is 1. The molecule has 0 atom stereocenters. The first-order chi connectivity index (χ1) is 13.5. The molecule has 2 aromatic carbocycles. The zero-order chi connectivity index (χ0) is 20.1. The molecule has 0 aliphatic carbocycles. The number of Topliss-reactive ketones (excluding diaryl/α,β-unsaturated/α-hetero) is 1. The van der Waals surface area contributed by atoms with Gasteiger partial charge in [-0.3, -0.25) is 14.2 Å². The number of fused-ring (bicyclic) bond motifs is 1. The van der Waals surface area contributed by atoms with E-state index in [0.717, 1.165) is 5.75 Å². The van der Waals surface area contributed by atoms with Crippen LogP contribution in [0.5, 0.6) is 5.75 Å². The first-order valence-corrected chi connectivity index (χ1v) is 10.4. The first-order valence-electron chi connectivity index (χ1n) is 9.38. The van der Waals surface area contributed by atoms with Gasteiger partial charge in [0, 0.05) is 12.1 Å². The van der Waals surface area contributed by atoms with E-state index in [1.807, 2.05) is 25.1 Å². The molecule has 0 aliphatic rings. The summed E-state index contributed by atoms with van der Waals surface area (Å²) in [7, 11) is 0. The molecule has 1 heterocycles. The van der Waals surface area contributed by atoms with Crippen molar-refractivity contribution in [3.8, 4) is 5.75 Å². The van der Waals surface area contributed by atoms with Crippen molar-refractivity contribution >= 4 is 28.4 Å². The van der Waals surface area contributed by atoms with E-state index < -0.39 is 0 Å². The highest BCUT2D eigenvalue weighted by atomic mass is 32.2. The average molecular weight is 397 g/mol. The smallest absolute Gasteiger partial charge is 0.262 e. The number of rotatable bonds is 8. The number of benzene rings is 2. The predicted octanol–water partition coefficient (Wildman–Crippen LogP) is 4.43. The van der Waals surface area contributed by atoms with Crippen molar-refractivity contribution in [1.82, 2.24) is 9.55 Å². The number of ether oxygens (including phenoxy) is 1. The van der Waals surface area contributed by atoms with Gasteiger partial charge in [0.15, 0.2) is 10.9 Å². The van der Waals surface area contributed by atoms with Gasteiger partial charge >= 0.3 is 0 Å². The molecule has 3 rings (SSSR count). The van der Waals surface area contributed by atoms with Crippen LogP contribution in [0.15, 0.2) is 58.5 Å². The third-order valence-electron chi connectivity index (χ3n) is 4.19. The lowest BCUT2D eigenvalue weighted by atomic mass is 10.1. The molecule has 5 nitrogen and oxygen atoms in total. The van der Waals surface area contributed by atoms with Crippen molar-refractivity contribution < 1.29 is 9.53 Å². The number of para-hydroxylation sites is 1. The quantitative estimate of drug-likeness (QED) is 0.320. The lowest BCUT2D eigenvalue weighted by molar-refractivity contribution is 0.102. The fourth-order valence-electron chi connectivity index (χ4n) is 2.90. The summed E-state index contributed by atoms with van der Waals surface area (Å²) in [4.78, 5) is 30.1. The van der Waals surface area contributed by atoms with Crippen LogP contribution in [-0.2, 0) is 6.54 Å². The van der Waals surface area contributed by atoms with Crippen molar-refractivity contribution in [2.75, 3.05) is 12.4 Å². The van der Waals surface area contributed by atoms with Gasteiger partial charge in [-0.1, -0.05) is 37.7 Å². The van der Waals surface area contributed by atoms with E-state index in [0.29, 0.717) is 40.7 Å². The van der Waals surface area contributed by atoms with Gasteiger partial charge in [-0.15, -0.1) is 0 Å². The summed E-state index contributed by atoms with van der Waals surface area (Å²) in [6.45, 7) is 7.19. The van der Waals surface area contributed by atoms with Gasteiger partial charge in [0.1, 0.15) is 5.75 Å². The fraction of sp³-hybridized carbons (Fsp3) is 0.318. The Morgan fingerprint density at radius 3 is 2.54 bits per heavy atom. The highest BCUT2D eigenvalue weighted by Crippen LogP contribution is 2.21. The zero-order valence-electron chi connectivity index (χ0n) is 16.3. The highest BCUT2D eigenvalue weighted by Gasteiger charge is 2.15. The molecular formula is C22H24N2O3S. The number of hydrogen-bond donors (Lipinski definition) is 0. The van der Waals surface area contributed by atoms with E-state index in [2.05, 4.69) is 18.8 Å². The SMILES string of the molecule is CCOc1ccc(C(=O)CSc2nc3ccccc3c(=O)n2CC(C)C)cc1. The fourth-order valence-corrected chi connectivity index (χ4v) is 3.80. The van der Waals surface area contributed by atoms with Crippen molar-refractivity contribution in [1.29, 1.82) is 0 Å². The van der Waals surface area contributed by atoms with Crippen molar-refractivity contribution in [2.24, 2.45) is 5.92 Å². The van der Waals surface area contributed by atoms with Gasteiger partial charge < -0.3 is 4.74 Å². The maximum absolute atomic E-state index is 12.9. The molecule has 146 valence electrons. The summed E-state index contributed by atoms with van der Waals surface area (Å²) in [6.07, 6.45) is 0. The summed E-state index contributed by atoms with van der Waals surface area (Å²) >= 11 is 1.31. The number of aromatic nitrogens is 2. The number of carbonyl (C=O) groups excluding carboxylic acids is 1. The average Bonchev–Trinajstić information content (AvgIpc) is 2.69. The molecule has 0 aliphatic heterocycles. The molecule has 28 heavy (non-hydrogen) atoms. The third kappa shape index (κ3) is 4.62. The Labute approximate surface area is 168 Å². The minimum atomic E-state index is -0.0599. The zero-order valence-corrected chi connectivity index (χ0v) is 17.2. The maximum atomic E-state index is 12.9. The molecule has 0 saturated heterocycles. The van der Waals surface area contributed by atoms with Crippen LogP contribution in [0.3, 0.4) is 0 Å². The molecule has 3 aromatic rings. The standard InChI is InChI=1S/C22H24N2O3S/c1-4-27-17-11-9-16(10-12-17)20(25)14-28-22-23-19-8-6-5-7-18(19)21(26)24(22)13-15(2)3/h5-12,15H,4,13-14H2,1-3H3. The van der Waals surface area contributed by atoms with E-state index >= 15 is 0 Å². The van der Waals surface area contributed by atoms with Crippen molar-refractivity contribution in [2.45, 2.75) is 32.5 Å². The van der Waals surface area contributed by atoms with Crippen LogP contribution in [0.2, 0.25) is 0 Å². The maximum Gasteiger partial charge on any atom is 0.262 e. The summed E-state index contributed by atoms with van der Waals surface area (Å²) in [6, 6.07) is 14.4. The molecule has 0 N–H and O–H groups in total. The van der Waals surface area contributed by atoms with E-state index in [1.165, 1.54) is 11.8 Å². The van der Waals surface area contributed by atoms with E-state index in [1.54, 1.807) is 34.9 Å². The Morgan fingerprint density at radius 1 is 1.14 bits per heavy atom. The van der Waals surface area contributed by atoms with Crippen LogP contribution in [0.4, 0.5) is 0 Å². The van der Waals surface area contributed by atoms with E-state index in [4.69, 9.17) is 4.74 Å². The van der Waals surface area contributed by atoms with Crippen LogP contribution < -0.4 is 10.3 Å². The molecule has 0 spiro atoms. The molecule has 0 fully saturated rings. The summed E-state index contributed by atoms with van der Waals surface area (Å²) < 4.78 is 7.10. The Hall–Kier alpha value is -2.60. The van der Waals surface area contributed by atoms with Crippen LogP contribution >= 0.6 is 11.8 Å². The Balaban J connectivity index is 1.84. The van der Waals surface area contributed by atoms with Crippen molar-refractivity contribution in [3.63, 3.8) is 0 Å². The van der Waals surface area contributed by atoms with E-state index in [9.17, 15) is 9.59 Å². The number of hydrogen-bond acceptors (Lipinski definition) is 5. The topological polar surface area (TPSA) is 61.2 Å². The first kappa shape index (κ1) is 20.1. The van der Waals surface area contributed by atoms with Crippen LogP contribution in [0.25, 0.3) is 10.9 Å². The second-order valence-corrected chi connectivity index (χ2v) is 7.83. The van der Waals surface area contributed by atoms with Crippen LogP contribution in [0, 0.1) is 5.92 Å². The lowest BCUT2D eigenvalue weighted by Gasteiger charge is -2.14. The third-order valence-corrected chi connectivity index (χ3v) is 5.17. The highest BCUT2D eigenvalue weighted by molar-refractivity contribution is 7.99. The largest absolute Gasteiger partial charge is 0.494 e. The minimum Gasteiger partial charge on any atom is -0.494 e. The summed E-state index contributed by atoms with van der Waals surface area (Å²) in [5.41, 5.74) is 1.22. The van der Waals surface area contributed by atoms with Gasteiger partial charge in [-0.2, -0.15) is 0 Å². The molecule has 6 heteroatoms. The molecule has 0 unspecified atom stereocenters. The second-order valence-electron chi connectivity index (χ2n) is 6.89. The molecule has 1 aromatic heterocycles. The van der Waals surface area contributed by atoms with Gasteiger partial charge in [0.25, 0.3) is 5.56 Å². The summed E-state index contributed by atoms with van der Waals surface area (Å²) in [5, 5.41) is 1.18. The molecule has 0 amide bonds. The van der Waals surface area contributed by atoms with Gasteiger partial charge in [0.05, 0.1) is 23.3 Å². The Bertz CT molecular complexity index is 1030. The molecular weight excluding hydrogens is 372 g/mol. The lowest BCUT2D eigenvalue weighted by Crippen LogP contribution is -2.25. The van der Waals surface area contributed by atoms with E-state index in [-0.39, 0.29) is 17.1 Å². The van der Waals surface area contributed by atoms with Gasteiger partial charge in [0.2, 0.25) is 0 Å². The monoisotopic (exact) mass is 396 g/mol. The summed E-state index contributed by atoms with van der Waals surface area (Å²) in [5.74, 6) is 1.25. The van der Waals surface area contributed by atoms with Crippen LogP contribution in [-0.4, -0.2) is 27.7 Å². The molecule has 0 radical (unpaired) electrons. The van der Waals surface area contributed by atoms with Gasteiger partial charge in [-0.25, -0.2) is 4.98 Å². The van der Waals surface area contributed by atoms with Crippen LogP contribution in [0.1, 0.15) is 31.1 Å². The normalized spacial score (nSPS) is 11.1. The van der Waals surface area contributed by atoms with Gasteiger partial charge in [-0.05, 0) is 49.2 Å². The minimum absolute atomic E-state index is 0.00782. The predicted molar refractivity (Wildman–Crippen MR) is 114 cm³/mol. The number of ketones is 1. The molecule has 0 bridgehead atoms. The number of carbonyl (C=O) groups is 1. The number of nitrogens with zero attached hydrogens (tertiary/aromatic N) is 2.